The average molecular weight is 408 g/mol. The van der Waals surface area contributed by atoms with Crippen LogP contribution in [0.1, 0.15) is 5.69 Å². The van der Waals surface area contributed by atoms with Crippen molar-refractivity contribution in [2.24, 2.45) is 0 Å². The van der Waals surface area contributed by atoms with E-state index in [0.29, 0.717) is 17.1 Å². The maximum Gasteiger partial charge on any atom is 0.273 e. The van der Waals surface area contributed by atoms with Gasteiger partial charge in [-0.25, -0.2) is 9.97 Å². The van der Waals surface area contributed by atoms with Crippen LogP contribution in [0.5, 0.6) is 0 Å². The summed E-state index contributed by atoms with van der Waals surface area (Å²) in [5.74, 6) is 0.450. The summed E-state index contributed by atoms with van der Waals surface area (Å²) in [6.07, 6.45) is 1.74. The fourth-order valence-corrected chi connectivity index (χ4v) is 3.76. The second-order valence-electron chi connectivity index (χ2n) is 7.24. The number of aromatic nitrogens is 4. The van der Waals surface area contributed by atoms with E-state index in [9.17, 15) is 4.79 Å². The van der Waals surface area contributed by atoms with E-state index >= 15 is 0 Å². The molecule has 0 atom stereocenters. The summed E-state index contributed by atoms with van der Waals surface area (Å²) in [5.41, 5.74) is 11.0. The molecule has 2 aromatic carbocycles. The van der Waals surface area contributed by atoms with Gasteiger partial charge in [-0.15, -0.1) is 0 Å². The van der Waals surface area contributed by atoms with Gasteiger partial charge in [0.2, 0.25) is 0 Å². The topological polar surface area (TPSA) is 104 Å². The highest BCUT2D eigenvalue weighted by molar-refractivity contribution is 5.99. The summed E-state index contributed by atoms with van der Waals surface area (Å²) < 4.78 is 0. The Bertz CT molecular complexity index is 1420. The van der Waals surface area contributed by atoms with Gasteiger partial charge in [0.1, 0.15) is 5.82 Å². The Kier molecular flexibility index (Phi) is 4.48. The third-order valence-electron chi connectivity index (χ3n) is 5.20. The van der Waals surface area contributed by atoms with E-state index < -0.39 is 0 Å². The van der Waals surface area contributed by atoms with Gasteiger partial charge in [-0.3, -0.25) is 9.89 Å². The monoisotopic (exact) mass is 408 g/mol. The largest absolute Gasteiger partial charge is 0.384 e. The molecule has 0 saturated heterocycles. The molecule has 0 radical (unpaired) electrons. The van der Waals surface area contributed by atoms with E-state index in [2.05, 4.69) is 20.1 Å². The van der Waals surface area contributed by atoms with Crippen molar-refractivity contribution in [3.63, 3.8) is 0 Å². The van der Waals surface area contributed by atoms with E-state index in [-0.39, 0.29) is 5.56 Å². The molecule has 5 aromatic rings. The van der Waals surface area contributed by atoms with Crippen LogP contribution in [0.4, 0.5) is 22.9 Å². The van der Waals surface area contributed by atoms with Gasteiger partial charge in [-0.1, -0.05) is 36.4 Å². The number of anilines is 4. The molecule has 0 unspecified atom stereocenters. The summed E-state index contributed by atoms with van der Waals surface area (Å²) in [7, 11) is 0. The van der Waals surface area contributed by atoms with Crippen LogP contribution in [-0.4, -0.2) is 20.2 Å². The first kappa shape index (κ1) is 18.6. The predicted molar refractivity (Wildman–Crippen MR) is 124 cm³/mol. The molecule has 7 heteroatoms. The zero-order chi connectivity index (χ0) is 21.4. The lowest BCUT2D eigenvalue weighted by Crippen LogP contribution is -2.12. The number of nitrogens with zero attached hydrogens (tertiary/aromatic N) is 3. The quantitative estimate of drug-likeness (QED) is 0.401. The number of benzene rings is 2. The lowest BCUT2D eigenvalue weighted by molar-refractivity contribution is 1.02. The third-order valence-corrected chi connectivity index (χ3v) is 5.20. The van der Waals surface area contributed by atoms with Gasteiger partial charge >= 0.3 is 0 Å². The Hall–Kier alpha value is -4.39. The SMILES string of the molecule is Cc1[nH][nH]c(=O)c1-c1cc(N(c2ccccc2)c2ccc(N)nc2)c2ccccc2n1. The lowest BCUT2D eigenvalue weighted by Gasteiger charge is -2.26. The minimum Gasteiger partial charge on any atom is -0.384 e. The smallest absolute Gasteiger partial charge is 0.273 e. The van der Waals surface area contributed by atoms with E-state index in [1.54, 1.807) is 12.3 Å². The second kappa shape index (κ2) is 7.46. The van der Waals surface area contributed by atoms with Crippen LogP contribution in [0.25, 0.3) is 22.2 Å². The highest BCUT2D eigenvalue weighted by Crippen LogP contribution is 2.39. The van der Waals surface area contributed by atoms with Gasteiger partial charge in [0.05, 0.1) is 34.3 Å². The van der Waals surface area contributed by atoms with Crippen LogP contribution < -0.4 is 16.2 Å². The van der Waals surface area contributed by atoms with Gasteiger partial charge in [0.25, 0.3) is 5.56 Å². The summed E-state index contributed by atoms with van der Waals surface area (Å²) in [6, 6.07) is 23.5. The molecule has 31 heavy (non-hydrogen) atoms. The zero-order valence-electron chi connectivity index (χ0n) is 16.8. The molecule has 3 aromatic heterocycles. The van der Waals surface area contributed by atoms with E-state index in [0.717, 1.165) is 33.7 Å². The first-order valence-electron chi connectivity index (χ1n) is 9.86. The van der Waals surface area contributed by atoms with Crippen LogP contribution in [0.2, 0.25) is 0 Å². The molecule has 0 aliphatic carbocycles. The van der Waals surface area contributed by atoms with Gasteiger partial charge in [-0.2, -0.15) is 0 Å². The molecule has 3 heterocycles. The first-order valence-corrected chi connectivity index (χ1v) is 9.86. The molecule has 5 rings (SSSR count). The molecular formula is C24H20N6O. The number of nitrogens with two attached hydrogens (primary N) is 1. The minimum absolute atomic E-state index is 0.202. The van der Waals surface area contributed by atoms with Crippen molar-refractivity contribution in [3.05, 3.63) is 95.0 Å². The molecule has 0 aliphatic heterocycles. The van der Waals surface area contributed by atoms with Gasteiger partial charge in [0.15, 0.2) is 0 Å². The van der Waals surface area contributed by atoms with Crippen molar-refractivity contribution in [2.45, 2.75) is 6.92 Å². The number of fused-ring (bicyclic) bond motifs is 1. The first-order chi connectivity index (χ1) is 15.1. The standard InChI is InChI=1S/C24H20N6O/c1-15-23(24(31)29-28-15)20-13-21(18-9-5-6-10-19(18)27-20)30(16-7-3-2-4-8-16)17-11-12-22(25)26-14-17/h2-14H,1H3,(H2,25,26)(H2,28,29,31). The fourth-order valence-electron chi connectivity index (χ4n) is 3.76. The van der Waals surface area contributed by atoms with Gasteiger partial charge in [-0.05, 0) is 43.3 Å². The molecule has 7 nitrogen and oxygen atoms in total. The molecule has 0 fully saturated rings. The number of rotatable bonds is 4. The Morgan fingerprint density at radius 1 is 0.903 bits per heavy atom. The minimum atomic E-state index is -0.202. The van der Waals surface area contributed by atoms with Crippen LogP contribution in [0.15, 0.2) is 83.8 Å². The van der Waals surface area contributed by atoms with Gasteiger partial charge in [0, 0.05) is 16.8 Å². The maximum absolute atomic E-state index is 12.5. The number of nitrogen functional groups attached to an aromatic ring is 1. The fraction of sp³-hybridized carbons (Fsp3) is 0.0417. The highest BCUT2D eigenvalue weighted by atomic mass is 16.1. The Morgan fingerprint density at radius 2 is 1.68 bits per heavy atom. The molecule has 152 valence electrons. The molecule has 4 N–H and O–H groups in total. The van der Waals surface area contributed by atoms with Crippen LogP contribution in [0, 0.1) is 6.92 Å². The zero-order valence-corrected chi connectivity index (χ0v) is 16.8. The predicted octanol–water partition coefficient (Wildman–Crippen LogP) is 4.67. The van der Waals surface area contributed by atoms with Crippen molar-refractivity contribution in [3.8, 4) is 11.3 Å². The number of hydrogen-bond acceptors (Lipinski definition) is 5. The molecule has 0 amide bonds. The number of hydrogen-bond donors (Lipinski definition) is 3. The molecule has 0 saturated carbocycles. The van der Waals surface area contributed by atoms with Crippen LogP contribution in [-0.2, 0) is 0 Å². The van der Waals surface area contributed by atoms with Crippen LogP contribution in [0.3, 0.4) is 0 Å². The molecular weight excluding hydrogens is 388 g/mol. The number of aromatic amines is 2. The highest BCUT2D eigenvalue weighted by Gasteiger charge is 2.20. The second-order valence-corrected chi connectivity index (χ2v) is 7.24. The molecule has 0 aliphatic rings. The number of H-pyrrole nitrogens is 2. The van der Waals surface area contributed by atoms with Crippen molar-refractivity contribution in [1.82, 2.24) is 20.2 Å². The number of pyridine rings is 2. The number of nitrogens with one attached hydrogen (secondary N) is 2. The van der Waals surface area contributed by atoms with Gasteiger partial charge < -0.3 is 15.7 Å². The van der Waals surface area contributed by atoms with E-state index in [1.807, 2.05) is 73.7 Å². The summed E-state index contributed by atoms with van der Waals surface area (Å²) >= 11 is 0. The molecule has 0 spiro atoms. The summed E-state index contributed by atoms with van der Waals surface area (Å²) in [4.78, 5) is 23.6. The van der Waals surface area contributed by atoms with Crippen molar-refractivity contribution in [2.75, 3.05) is 10.6 Å². The van der Waals surface area contributed by atoms with Crippen molar-refractivity contribution in [1.29, 1.82) is 0 Å². The van der Waals surface area contributed by atoms with E-state index in [1.165, 1.54) is 0 Å². The third kappa shape index (κ3) is 3.32. The summed E-state index contributed by atoms with van der Waals surface area (Å²) in [6.45, 7) is 1.85. The van der Waals surface area contributed by atoms with E-state index in [4.69, 9.17) is 10.7 Å². The molecule has 0 bridgehead atoms. The van der Waals surface area contributed by atoms with Crippen LogP contribution >= 0.6 is 0 Å². The average Bonchev–Trinajstić information content (AvgIpc) is 3.14. The Morgan fingerprint density at radius 3 is 2.39 bits per heavy atom. The number of para-hydroxylation sites is 2. The summed E-state index contributed by atoms with van der Waals surface area (Å²) in [5, 5.41) is 6.49. The normalized spacial score (nSPS) is 11.0. The Balaban J connectivity index is 1.83. The lowest BCUT2D eigenvalue weighted by atomic mass is 10.1. The maximum atomic E-state index is 12.5. The van der Waals surface area contributed by atoms with Crippen molar-refractivity contribution < 1.29 is 0 Å². The Labute approximate surface area is 178 Å². The number of aryl methyl sites for hydroxylation is 1. The van der Waals surface area contributed by atoms with Crippen molar-refractivity contribution >= 4 is 33.8 Å².